The molecule has 0 heterocycles. The third-order valence-corrected chi connectivity index (χ3v) is 3.51. The van der Waals surface area contributed by atoms with Crippen molar-refractivity contribution in [2.75, 3.05) is 0 Å². The first-order valence-electron chi connectivity index (χ1n) is 5.07. The monoisotopic (exact) mass is 176 g/mol. The first kappa shape index (κ1) is 8.74. The molecule has 0 amide bonds. The Hall–Kier alpha value is -0.850. The second-order valence-corrected chi connectivity index (χ2v) is 4.38. The largest absolute Gasteiger partial charge is 0.290 e. The van der Waals surface area contributed by atoms with Gasteiger partial charge in [0.05, 0.1) is 0 Å². The first-order valence-corrected chi connectivity index (χ1v) is 5.07. The molecule has 0 atom stereocenters. The molecule has 0 aromatic heterocycles. The molecule has 1 nitrogen and oxygen atoms in total. The predicted molar refractivity (Wildman–Crippen MR) is 53.4 cm³/mol. The molecule has 70 valence electrons. The van der Waals surface area contributed by atoms with Crippen molar-refractivity contribution >= 4 is 5.78 Å². The highest BCUT2D eigenvalue weighted by Gasteiger charge is 2.36. The maximum Gasteiger partial charge on any atom is 0.181 e. The van der Waals surface area contributed by atoms with Gasteiger partial charge < -0.3 is 0 Å². The van der Waals surface area contributed by atoms with Crippen molar-refractivity contribution < 1.29 is 4.79 Å². The molecular formula is C12H16O. The minimum absolute atomic E-state index is 0.204. The van der Waals surface area contributed by atoms with E-state index in [1.54, 1.807) is 0 Å². The van der Waals surface area contributed by atoms with Gasteiger partial charge in [-0.2, -0.15) is 0 Å². The summed E-state index contributed by atoms with van der Waals surface area (Å²) in [5, 5.41) is 0. The number of hydrogen-bond acceptors (Lipinski definition) is 1. The smallest absolute Gasteiger partial charge is 0.181 e. The molecule has 0 saturated heterocycles. The van der Waals surface area contributed by atoms with Crippen molar-refractivity contribution in [2.45, 2.75) is 39.5 Å². The van der Waals surface area contributed by atoms with Gasteiger partial charge in [0.2, 0.25) is 0 Å². The maximum atomic E-state index is 11.4. The Balaban J connectivity index is 2.39. The summed E-state index contributed by atoms with van der Waals surface area (Å²) < 4.78 is 0. The van der Waals surface area contributed by atoms with Crippen molar-refractivity contribution in [2.24, 2.45) is 5.41 Å². The number of carbonyl (C=O) groups is 1. The first-order chi connectivity index (χ1) is 6.14. The standard InChI is InChI=1S/C12H16O/c1-9-8-12(5-3-4-6-12)10(2)7-11(9)13/h7-8H,3-6H2,1-2H3. The van der Waals surface area contributed by atoms with Crippen LogP contribution in [0.15, 0.2) is 23.3 Å². The summed E-state index contributed by atoms with van der Waals surface area (Å²) in [6.45, 7) is 4.04. The predicted octanol–water partition coefficient (Wildman–Crippen LogP) is 3.02. The molecule has 0 N–H and O–H groups in total. The minimum Gasteiger partial charge on any atom is -0.290 e. The number of rotatable bonds is 0. The van der Waals surface area contributed by atoms with E-state index in [1.165, 1.54) is 31.3 Å². The number of hydrogen-bond donors (Lipinski definition) is 0. The topological polar surface area (TPSA) is 17.1 Å². The zero-order valence-electron chi connectivity index (χ0n) is 8.39. The fourth-order valence-corrected chi connectivity index (χ4v) is 2.60. The fourth-order valence-electron chi connectivity index (χ4n) is 2.60. The molecule has 1 spiro atoms. The van der Waals surface area contributed by atoms with Crippen LogP contribution >= 0.6 is 0 Å². The van der Waals surface area contributed by atoms with E-state index >= 15 is 0 Å². The molecule has 1 fully saturated rings. The van der Waals surface area contributed by atoms with Crippen LogP contribution in [0.4, 0.5) is 0 Å². The van der Waals surface area contributed by atoms with Gasteiger partial charge in [-0.15, -0.1) is 0 Å². The van der Waals surface area contributed by atoms with E-state index in [9.17, 15) is 4.79 Å². The van der Waals surface area contributed by atoms with E-state index in [-0.39, 0.29) is 11.2 Å². The van der Waals surface area contributed by atoms with Gasteiger partial charge >= 0.3 is 0 Å². The average Bonchev–Trinajstić information content (AvgIpc) is 2.51. The summed E-state index contributed by atoms with van der Waals surface area (Å²) in [6.07, 6.45) is 9.13. The maximum absolute atomic E-state index is 11.4. The Kier molecular flexibility index (Phi) is 1.90. The second kappa shape index (κ2) is 2.83. The van der Waals surface area contributed by atoms with Crippen molar-refractivity contribution in [3.8, 4) is 0 Å². The van der Waals surface area contributed by atoms with Gasteiger partial charge in [-0.25, -0.2) is 0 Å². The lowest BCUT2D eigenvalue weighted by Crippen LogP contribution is -2.21. The highest BCUT2D eigenvalue weighted by molar-refractivity contribution is 6.05. The van der Waals surface area contributed by atoms with Crippen LogP contribution in [0.25, 0.3) is 0 Å². The van der Waals surface area contributed by atoms with Gasteiger partial charge in [0, 0.05) is 5.41 Å². The lowest BCUT2D eigenvalue weighted by Gasteiger charge is -2.30. The molecule has 0 aliphatic heterocycles. The van der Waals surface area contributed by atoms with Crippen molar-refractivity contribution in [1.29, 1.82) is 0 Å². The Morgan fingerprint density at radius 3 is 2.46 bits per heavy atom. The fraction of sp³-hybridized carbons (Fsp3) is 0.583. The van der Waals surface area contributed by atoms with E-state index < -0.39 is 0 Å². The SMILES string of the molecule is CC1=CC2(CCCC2)C(C)=CC1=O. The third-order valence-electron chi connectivity index (χ3n) is 3.51. The van der Waals surface area contributed by atoms with E-state index in [0.29, 0.717) is 0 Å². The number of carbonyl (C=O) groups excluding carboxylic acids is 1. The van der Waals surface area contributed by atoms with Crippen LogP contribution in [-0.2, 0) is 4.79 Å². The molecule has 13 heavy (non-hydrogen) atoms. The van der Waals surface area contributed by atoms with E-state index in [1.807, 2.05) is 13.0 Å². The van der Waals surface area contributed by atoms with Crippen molar-refractivity contribution in [3.05, 3.63) is 23.3 Å². The van der Waals surface area contributed by atoms with Crippen LogP contribution in [0.2, 0.25) is 0 Å². The lowest BCUT2D eigenvalue weighted by atomic mass is 9.74. The van der Waals surface area contributed by atoms with E-state index in [0.717, 1.165) is 5.57 Å². The molecule has 0 bridgehead atoms. The lowest BCUT2D eigenvalue weighted by molar-refractivity contribution is -0.111. The zero-order chi connectivity index (χ0) is 9.47. The van der Waals surface area contributed by atoms with Gasteiger partial charge in [-0.3, -0.25) is 4.79 Å². The quantitative estimate of drug-likeness (QED) is 0.554. The van der Waals surface area contributed by atoms with Crippen LogP contribution in [0, 0.1) is 5.41 Å². The van der Waals surface area contributed by atoms with Crippen LogP contribution in [0.5, 0.6) is 0 Å². The van der Waals surface area contributed by atoms with E-state index in [2.05, 4.69) is 13.0 Å². The number of allylic oxidation sites excluding steroid dienone is 4. The van der Waals surface area contributed by atoms with Crippen LogP contribution in [0.3, 0.4) is 0 Å². The van der Waals surface area contributed by atoms with Crippen LogP contribution in [-0.4, -0.2) is 5.78 Å². The Morgan fingerprint density at radius 2 is 1.85 bits per heavy atom. The van der Waals surface area contributed by atoms with Crippen molar-refractivity contribution in [1.82, 2.24) is 0 Å². The molecule has 2 aliphatic carbocycles. The number of ketones is 1. The molecule has 0 unspecified atom stereocenters. The summed E-state index contributed by atoms with van der Waals surface area (Å²) in [6, 6.07) is 0. The third kappa shape index (κ3) is 1.27. The molecule has 0 aromatic rings. The highest BCUT2D eigenvalue weighted by atomic mass is 16.1. The van der Waals surface area contributed by atoms with Gasteiger partial charge in [-0.1, -0.05) is 24.5 Å². The minimum atomic E-state index is 0.204. The molecule has 1 heteroatoms. The van der Waals surface area contributed by atoms with Crippen LogP contribution < -0.4 is 0 Å². The van der Waals surface area contributed by atoms with E-state index in [4.69, 9.17) is 0 Å². The molecule has 0 radical (unpaired) electrons. The summed E-state index contributed by atoms with van der Waals surface area (Å²) in [5.41, 5.74) is 2.48. The van der Waals surface area contributed by atoms with Crippen LogP contribution in [0.1, 0.15) is 39.5 Å². The molecule has 2 aliphatic rings. The summed E-state index contributed by atoms with van der Waals surface area (Å²) in [5.74, 6) is 0.204. The van der Waals surface area contributed by atoms with Gasteiger partial charge in [-0.05, 0) is 38.3 Å². The Bertz CT molecular complexity index is 301. The van der Waals surface area contributed by atoms with Gasteiger partial charge in [0.25, 0.3) is 0 Å². The Morgan fingerprint density at radius 1 is 1.23 bits per heavy atom. The molecule has 2 rings (SSSR count). The summed E-state index contributed by atoms with van der Waals surface area (Å²) in [4.78, 5) is 11.4. The van der Waals surface area contributed by atoms with Crippen molar-refractivity contribution in [3.63, 3.8) is 0 Å². The normalized spacial score (nSPS) is 26.2. The summed E-state index contributed by atoms with van der Waals surface area (Å²) >= 11 is 0. The molecule has 0 aromatic carbocycles. The molecular weight excluding hydrogens is 160 g/mol. The van der Waals surface area contributed by atoms with Gasteiger partial charge in [0.1, 0.15) is 0 Å². The average molecular weight is 176 g/mol. The summed E-state index contributed by atoms with van der Waals surface area (Å²) in [7, 11) is 0. The van der Waals surface area contributed by atoms with Gasteiger partial charge in [0.15, 0.2) is 5.78 Å². The zero-order valence-corrected chi connectivity index (χ0v) is 8.39. The highest BCUT2D eigenvalue weighted by Crippen LogP contribution is 2.47. The molecule has 1 saturated carbocycles. The second-order valence-electron chi connectivity index (χ2n) is 4.38. The Labute approximate surface area is 79.5 Å².